The zero-order chi connectivity index (χ0) is 20.1. The number of carbonyl (C=O) groups is 2. The first-order valence-electron chi connectivity index (χ1n) is 9.43. The lowest BCUT2D eigenvalue weighted by Crippen LogP contribution is -2.28. The van der Waals surface area contributed by atoms with E-state index in [2.05, 4.69) is 24.3 Å². The molecule has 3 aromatic carbocycles. The smallest absolute Gasteiger partial charge is 0.170 e. The van der Waals surface area contributed by atoms with Crippen LogP contribution in [0.25, 0.3) is 0 Å². The van der Waals surface area contributed by atoms with E-state index >= 15 is 0 Å². The van der Waals surface area contributed by atoms with Crippen molar-refractivity contribution in [2.24, 2.45) is 5.41 Å². The van der Waals surface area contributed by atoms with Gasteiger partial charge in [-0.2, -0.15) is 0 Å². The summed E-state index contributed by atoms with van der Waals surface area (Å²) < 4.78 is 0. The maximum absolute atomic E-state index is 13.1. The van der Waals surface area contributed by atoms with Crippen molar-refractivity contribution in [3.05, 3.63) is 90.5 Å². The average Bonchev–Trinajstić information content (AvgIpc) is 2.69. The van der Waals surface area contributed by atoms with Gasteiger partial charge in [-0.1, -0.05) is 106 Å². The number of carbonyl (C=O) groups excluding carboxylic acids is 2. The molecule has 2 nitrogen and oxygen atoms in total. The number of hydrogen-bond acceptors (Lipinski definition) is 2. The van der Waals surface area contributed by atoms with E-state index in [9.17, 15) is 9.59 Å². The van der Waals surface area contributed by atoms with Crippen molar-refractivity contribution < 1.29 is 9.59 Å². The lowest BCUT2D eigenvalue weighted by Gasteiger charge is -2.22. The van der Waals surface area contributed by atoms with Gasteiger partial charge in [0, 0.05) is 11.0 Å². The largest absolute Gasteiger partial charge is 0.299 e. The highest BCUT2D eigenvalue weighted by Crippen LogP contribution is 2.34. The third-order valence-corrected chi connectivity index (χ3v) is 7.13. The molecule has 0 amide bonds. The van der Waals surface area contributed by atoms with E-state index in [1.807, 2.05) is 81.4 Å². The summed E-state index contributed by atoms with van der Waals surface area (Å²) in [5.41, 5.74) is 0.132. The van der Waals surface area contributed by atoms with E-state index in [0.717, 1.165) is 5.30 Å². The van der Waals surface area contributed by atoms with Crippen molar-refractivity contribution in [1.29, 1.82) is 0 Å². The third-order valence-electron chi connectivity index (χ3n) is 4.63. The van der Waals surface area contributed by atoms with Crippen LogP contribution in [0.15, 0.2) is 84.9 Å². The second-order valence-corrected chi connectivity index (χ2v) is 9.98. The van der Waals surface area contributed by atoms with Crippen LogP contribution < -0.4 is 15.9 Å². The molecule has 0 bridgehead atoms. The Labute approximate surface area is 168 Å². The van der Waals surface area contributed by atoms with Gasteiger partial charge in [-0.15, -0.1) is 0 Å². The molecule has 28 heavy (non-hydrogen) atoms. The zero-order valence-electron chi connectivity index (χ0n) is 16.6. The molecule has 142 valence electrons. The summed E-state index contributed by atoms with van der Waals surface area (Å²) >= 11 is 0. The summed E-state index contributed by atoms with van der Waals surface area (Å²) in [6, 6.07) is 28.3. The van der Waals surface area contributed by atoms with E-state index in [1.165, 1.54) is 10.6 Å². The van der Waals surface area contributed by atoms with Gasteiger partial charge in [-0.25, -0.2) is 0 Å². The molecule has 0 fully saturated rings. The van der Waals surface area contributed by atoms with Crippen molar-refractivity contribution in [3.63, 3.8) is 0 Å². The number of benzene rings is 3. The maximum Gasteiger partial charge on any atom is 0.170 e. The predicted molar refractivity (Wildman–Crippen MR) is 119 cm³/mol. The van der Waals surface area contributed by atoms with Crippen molar-refractivity contribution in [1.82, 2.24) is 0 Å². The summed E-state index contributed by atoms with van der Waals surface area (Å²) in [4.78, 5) is 25.5. The molecule has 0 radical (unpaired) electrons. The van der Waals surface area contributed by atoms with Gasteiger partial charge in [-0.05, 0) is 23.8 Å². The van der Waals surface area contributed by atoms with Crippen LogP contribution in [-0.2, 0) is 4.79 Å². The molecule has 0 aromatic heterocycles. The number of hydrogen-bond donors (Lipinski definition) is 0. The molecular weight excluding hydrogens is 363 g/mol. The van der Waals surface area contributed by atoms with Crippen molar-refractivity contribution in [2.75, 3.05) is 0 Å². The fraction of sp³-hybridized carbons (Fsp3) is 0.200. The van der Waals surface area contributed by atoms with Crippen LogP contribution in [0, 0.1) is 5.41 Å². The Morgan fingerprint density at radius 2 is 1.18 bits per heavy atom. The van der Waals surface area contributed by atoms with Gasteiger partial charge < -0.3 is 0 Å². The highest BCUT2D eigenvalue weighted by atomic mass is 31.1. The Morgan fingerprint density at radius 3 is 1.68 bits per heavy atom. The van der Waals surface area contributed by atoms with E-state index < -0.39 is 13.3 Å². The highest BCUT2D eigenvalue weighted by molar-refractivity contribution is 7.80. The number of ketones is 2. The maximum atomic E-state index is 13.1. The third kappa shape index (κ3) is 4.64. The van der Waals surface area contributed by atoms with Crippen molar-refractivity contribution >= 4 is 35.4 Å². The lowest BCUT2D eigenvalue weighted by atomic mass is 9.87. The molecule has 3 aromatic rings. The molecule has 0 N–H and O–H groups in total. The van der Waals surface area contributed by atoms with E-state index in [4.69, 9.17) is 0 Å². The Morgan fingerprint density at radius 1 is 0.714 bits per heavy atom. The van der Waals surface area contributed by atoms with Gasteiger partial charge in [-0.3, -0.25) is 9.59 Å². The van der Waals surface area contributed by atoms with Gasteiger partial charge in [0.05, 0.1) is 6.42 Å². The average molecular weight is 388 g/mol. The fourth-order valence-corrected chi connectivity index (χ4v) is 5.46. The summed E-state index contributed by atoms with van der Waals surface area (Å²) in [6.45, 7) is 5.57. The summed E-state index contributed by atoms with van der Waals surface area (Å²) in [6.07, 6.45) is -0.0622. The number of Topliss-reactive ketones (excluding diaryl/α,β-unsaturated/α-hetero) is 2. The van der Waals surface area contributed by atoms with Crippen LogP contribution >= 0.6 is 7.92 Å². The zero-order valence-corrected chi connectivity index (χ0v) is 17.4. The highest BCUT2D eigenvalue weighted by Gasteiger charge is 2.27. The minimum Gasteiger partial charge on any atom is -0.299 e. The molecule has 0 saturated heterocycles. The van der Waals surface area contributed by atoms with Crippen LogP contribution in [0.2, 0.25) is 0 Å². The summed E-state index contributed by atoms with van der Waals surface area (Å²) in [5.74, 6) is -0.133. The lowest BCUT2D eigenvalue weighted by molar-refractivity contribution is -0.125. The normalized spacial score (nSPS) is 11.4. The van der Waals surface area contributed by atoms with Gasteiger partial charge in [0.15, 0.2) is 5.78 Å². The van der Waals surface area contributed by atoms with Crippen LogP contribution in [0.1, 0.15) is 37.6 Å². The molecular formula is C25H25O2P. The van der Waals surface area contributed by atoms with E-state index in [1.54, 1.807) is 0 Å². The molecule has 3 heteroatoms. The quantitative estimate of drug-likeness (QED) is 0.350. The Kier molecular flexibility index (Phi) is 6.21. The molecule has 0 unspecified atom stereocenters. The molecule has 0 heterocycles. The molecule has 0 atom stereocenters. The molecule has 0 aliphatic carbocycles. The van der Waals surface area contributed by atoms with Gasteiger partial charge in [0.2, 0.25) is 0 Å². The minimum atomic E-state index is -0.884. The second-order valence-electron chi connectivity index (χ2n) is 7.80. The standard InChI is InChI=1S/C25H25O2P/c1-25(2,3)24(27)18-22(26)21-16-10-11-17-23(21)28(19-12-6-4-7-13-19)20-14-8-5-9-15-20/h4-17H,18H2,1-3H3. The van der Waals surface area contributed by atoms with Gasteiger partial charge >= 0.3 is 0 Å². The van der Waals surface area contributed by atoms with Crippen LogP contribution in [0.4, 0.5) is 0 Å². The minimum absolute atomic E-state index is 0.0314. The van der Waals surface area contributed by atoms with Crippen molar-refractivity contribution in [2.45, 2.75) is 27.2 Å². The summed E-state index contributed by atoms with van der Waals surface area (Å²) in [7, 11) is -0.884. The molecule has 0 spiro atoms. The topological polar surface area (TPSA) is 34.1 Å². The molecule has 0 aliphatic rings. The first-order chi connectivity index (χ1) is 13.4. The van der Waals surface area contributed by atoms with Crippen LogP contribution in [0.5, 0.6) is 0 Å². The van der Waals surface area contributed by atoms with E-state index in [0.29, 0.717) is 5.56 Å². The summed E-state index contributed by atoms with van der Waals surface area (Å²) in [5, 5.41) is 3.37. The van der Waals surface area contributed by atoms with Crippen molar-refractivity contribution in [3.8, 4) is 0 Å². The van der Waals surface area contributed by atoms with Gasteiger partial charge in [0.25, 0.3) is 0 Å². The van der Waals surface area contributed by atoms with Crippen LogP contribution in [-0.4, -0.2) is 11.6 Å². The first-order valence-corrected chi connectivity index (χ1v) is 10.8. The predicted octanol–water partition coefficient (Wildman–Crippen LogP) is 4.63. The monoisotopic (exact) mass is 388 g/mol. The molecule has 0 saturated carbocycles. The SMILES string of the molecule is CC(C)(C)C(=O)CC(=O)c1ccccc1P(c1ccccc1)c1ccccc1. The van der Waals surface area contributed by atoms with Crippen LogP contribution in [0.3, 0.4) is 0 Å². The Balaban J connectivity index is 2.08. The Bertz CT molecular complexity index is 917. The first kappa shape index (κ1) is 20.2. The second kappa shape index (κ2) is 8.63. The fourth-order valence-electron chi connectivity index (χ4n) is 2.99. The number of rotatable bonds is 6. The van der Waals surface area contributed by atoms with Gasteiger partial charge in [0.1, 0.15) is 5.78 Å². The molecule has 0 aliphatic heterocycles. The Hall–Kier alpha value is -2.57. The molecule has 3 rings (SSSR count). The van der Waals surface area contributed by atoms with E-state index in [-0.39, 0.29) is 18.0 Å².